The Kier molecular flexibility index (Phi) is 13.9. The number of nitrogens with zero attached hydrogens (tertiary/aromatic N) is 1. The number of carbonyl (C=O) groups is 3. The van der Waals surface area contributed by atoms with Gasteiger partial charge in [0.15, 0.2) is 0 Å². The fourth-order valence-electron chi connectivity index (χ4n) is 2.98. The molecule has 1 heterocycles. The number of unbranched alkanes of at least 4 members (excludes halogenated alkanes) is 2. The summed E-state index contributed by atoms with van der Waals surface area (Å²) >= 11 is 0. The van der Waals surface area contributed by atoms with E-state index in [1.807, 2.05) is 19.1 Å². The van der Waals surface area contributed by atoms with E-state index in [2.05, 4.69) is 17.0 Å². The number of esters is 1. The van der Waals surface area contributed by atoms with Crippen molar-refractivity contribution in [3.63, 3.8) is 0 Å². The highest BCUT2D eigenvalue weighted by Crippen LogP contribution is 2.23. The van der Waals surface area contributed by atoms with Crippen molar-refractivity contribution in [3.8, 4) is 0 Å². The Balaban J connectivity index is 0.000000368. The normalized spacial score (nSPS) is 13.9. The number of aliphatic hydroxyl groups excluding tert-OH is 2. The standard InChI is InChI=1S/C15H20N2O3.C8H16O4/c1-2-3-4-5-13(18)11-6-8-12(9-7-11)17-10-14(19)16-15(17)20;1-2-11-6-3-4-8(10)12-7-5-9/h6-9,13,18H,2-5,10H2,1H3,(H,16,19,20);9H,2-7H2,1H3. The number of rotatable bonds is 13. The predicted molar refractivity (Wildman–Crippen MR) is 120 cm³/mol. The molecule has 9 nitrogen and oxygen atoms in total. The van der Waals surface area contributed by atoms with E-state index in [0.717, 1.165) is 31.2 Å². The predicted octanol–water partition coefficient (Wildman–Crippen LogP) is 2.70. The number of amides is 3. The lowest BCUT2D eigenvalue weighted by molar-refractivity contribution is -0.145. The number of imide groups is 1. The van der Waals surface area contributed by atoms with Gasteiger partial charge in [0.2, 0.25) is 5.91 Å². The van der Waals surface area contributed by atoms with Crippen molar-refractivity contribution in [3.05, 3.63) is 29.8 Å². The van der Waals surface area contributed by atoms with E-state index in [9.17, 15) is 19.5 Å². The third-order valence-electron chi connectivity index (χ3n) is 4.69. The molecule has 1 aliphatic rings. The van der Waals surface area contributed by atoms with Crippen LogP contribution in [0.15, 0.2) is 24.3 Å². The van der Waals surface area contributed by atoms with Crippen molar-refractivity contribution in [1.82, 2.24) is 5.32 Å². The smallest absolute Gasteiger partial charge is 0.329 e. The van der Waals surface area contributed by atoms with Gasteiger partial charge in [-0.2, -0.15) is 0 Å². The molecular formula is C23H36N2O7. The van der Waals surface area contributed by atoms with Crippen LogP contribution in [0.25, 0.3) is 0 Å². The summed E-state index contributed by atoms with van der Waals surface area (Å²) in [5.41, 5.74) is 1.51. The van der Waals surface area contributed by atoms with Crippen LogP contribution in [0.1, 0.15) is 64.0 Å². The molecule has 180 valence electrons. The second-order valence-electron chi connectivity index (χ2n) is 7.29. The summed E-state index contributed by atoms with van der Waals surface area (Å²) in [5.74, 6) is -0.567. The highest BCUT2D eigenvalue weighted by molar-refractivity contribution is 6.12. The zero-order valence-electron chi connectivity index (χ0n) is 19.0. The van der Waals surface area contributed by atoms with Gasteiger partial charge in [-0.1, -0.05) is 38.3 Å². The minimum Gasteiger partial charge on any atom is -0.463 e. The lowest BCUT2D eigenvalue weighted by Gasteiger charge is -2.15. The molecule has 1 aromatic carbocycles. The Bertz CT molecular complexity index is 694. The highest BCUT2D eigenvalue weighted by atomic mass is 16.5. The number of anilines is 1. The SMILES string of the molecule is CCCCCC(O)c1ccc(N2CC(=O)NC2=O)cc1.CCOCCCC(=O)OCCO. The first-order chi connectivity index (χ1) is 15.4. The molecule has 2 rings (SSSR count). The summed E-state index contributed by atoms with van der Waals surface area (Å²) in [6, 6.07) is 6.74. The van der Waals surface area contributed by atoms with E-state index >= 15 is 0 Å². The fourth-order valence-corrected chi connectivity index (χ4v) is 2.98. The molecule has 0 spiro atoms. The maximum Gasteiger partial charge on any atom is 0.329 e. The van der Waals surface area contributed by atoms with Crippen LogP contribution in [-0.4, -0.2) is 61.1 Å². The number of hydrogen-bond acceptors (Lipinski definition) is 7. The molecule has 0 bridgehead atoms. The van der Waals surface area contributed by atoms with Crippen molar-refractivity contribution in [1.29, 1.82) is 0 Å². The largest absolute Gasteiger partial charge is 0.463 e. The Morgan fingerprint density at radius 2 is 1.84 bits per heavy atom. The van der Waals surface area contributed by atoms with Crippen LogP contribution in [-0.2, 0) is 19.1 Å². The van der Waals surface area contributed by atoms with Gasteiger partial charge in [0.1, 0.15) is 13.2 Å². The van der Waals surface area contributed by atoms with E-state index in [-0.39, 0.29) is 31.6 Å². The lowest BCUT2D eigenvalue weighted by atomic mass is 10.0. The lowest BCUT2D eigenvalue weighted by Crippen LogP contribution is -2.27. The molecule has 0 aromatic heterocycles. The molecule has 9 heteroatoms. The molecule has 1 fully saturated rings. The molecule has 1 aliphatic heterocycles. The quantitative estimate of drug-likeness (QED) is 0.239. The zero-order valence-corrected chi connectivity index (χ0v) is 19.0. The molecule has 1 unspecified atom stereocenters. The number of hydrogen-bond donors (Lipinski definition) is 3. The minimum atomic E-state index is -0.468. The average Bonchev–Trinajstić information content (AvgIpc) is 3.13. The van der Waals surface area contributed by atoms with Gasteiger partial charge >= 0.3 is 12.0 Å². The van der Waals surface area contributed by atoms with Gasteiger partial charge in [-0.15, -0.1) is 0 Å². The van der Waals surface area contributed by atoms with Crippen LogP contribution in [0, 0.1) is 0 Å². The summed E-state index contributed by atoms with van der Waals surface area (Å²) in [7, 11) is 0. The second kappa shape index (κ2) is 16.2. The van der Waals surface area contributed by atoms with Crippen molar-refractivity contribution >= 4 is 23.6 Å². The minimum absolute atomic E-state index is 0.0528. The third kappa shape index (κ3) is 10.7. The van der Waals surface area contributed by atoms with Gasteiger partial charge in [-0.25, -0.2) is 4.79 Å². The molecule has 1 saturated heterocycles. The first-order valence-electron chi connectivity index (χ1n) is 11.2. The second-order valence-corrected chi connectivity index (χ2v) is 7.29. The Hall–Kier alpha value is -2.49. The summed E-state index contributed by atoms with van der Waals surface area (Å²) in [6.45, 7) is 5.33. The van der Waals surface area contributed by atoms with Gasteiger partial charge in [0.25, 0.3) is 0 Å². The molecule has 3 amide bonds. The van der Waals surface area contributed by atoms with E-state index in [1.54, 1.807) is 12.1 Å². The van der Waals surface area contributed by atoms with Crippen LogP contribution >= 0.6 is 0 Å². The molecule has 1 atom stereocenters. The van der Waals surface area contributed by atoms with Gasteiger partial charge in [0.05, 0.1) is 12.7 Å². The number of nitrogens with one attached hydrogen (secondary N) is 1. The molecule has 32 heavy (non-hydrogen) atoms. The maximum absolute atomic E-state index is 11.5. The van der Waals surface area contributed by atoms with E-state index in [4.69, 9.17) is 9.84 Å². The summed E-state index contributed by atoms with van der Waals surface area (Å²) < 4.78 is 9.66. The first-order valence-corrected chi connectivity index (χ1v) is 11.2. The number of aliphatic hydroxyl groups is 2. The van der Waals surface area contributed by atoms with Crippen molar-refractivity contribution in [2.45, 2.75) is 58.5 Å². The summed E-state index contributed by atoms with van der Waals surface area (Å²) in [5, 5.41) is 20.6. The molecule has 3 N–H and O–H groups in total. The Labute approximate surface area is 189 Å². The number of carbonyl (C=O) groups excluding carboxylic acids is 3. The monoisotopic (exact) mass is 452 g/mol. The molecular weight excluding hydrogens is 416 g/mol. The van der Waals surface area contributed by atoms with Crippen molar-refractivity contribution in [2.75, 3.05) is 37.9 Å². The van der Waals surface area contributed by atoms with Crippen LogP contribution in [0.2, 0.25) is 0 Å². The van der Waals surface area contributed by atoms with Gasteiger partial charge in [0, 0.05) is 25.3 Å². The van der Waals surface area contributed by atoms with Crippen LogP contribution in [0.5, 0.6) is 0 Å². The number of ether oxygens (including phenoxy) is 2. The zero-order chi connectivity index (χ0) is 23.8. The molecule has 0 saturated carbocycles. The average molecular weight is 453 g/mol. The summed E-state index contributed by atoms with van der Waals surface area (Å²) in [4.78, 5) is 34.8. The van der Waals surface area contributed by atoms with Gasteiger partial charge in [-0.3, -0.25) is 19.8 Å². The molecule has 0 aliphatic carbocycles. The van der Waals surface area contributed by atoms with Crippen molar-refractivity contribution < 1.29 is 34.1 Å². The van der Waals surface area contributed by atoms with E-state index < -0.39 is 12.1 Å². The maximum atomic E-state index is 11.5. The number of urea groups is 1. The van der Waals surface area contributed by atoms with E-state index in [0.29, 0.717) is 31.7 Å². The summed E-state index contributed by atoms with van der Waals surface area (Å²) in [6.07, 6.45) is 4.57. The highest BCUT2D eigenvalue weighted by Gasteiger charge is 2.27. The van der Waals surface area contributed by atoms with Crippen LogP contribution in [0.3, 0.4) is 0 Å². The fraction of sp³-hybridized carbons (Fsp3) is 0.609. The number of benzene rings is 1. The first kappa shape index (κ1) is 27.5. The van der Waals surface area contributed by atoms with Gasteiger partial charge < -0.3 is 19.7 Å². The Morgan fingerprint density at radius 1 is 1.12 bits per heavy atom. The van der Waals surface area contributed by atoms with Crippen LogP contribution in [0.4, 0.5) is 10.5 Å². The Morgan fingerprint density at radius 3 is 2.41 bits per heavy atom. The topological polar surface area (TPSA) is 125 Å². The van der Waals surface area contributed by atoms with Crippen molar-refractivity contribution in [2.24, 2.45) is 0 Å². The third-order valence-corrected chi connectivity index (χ3v) is 4.69. The molecule has 1 aromatic rings. The van der Waals surface area contributed by atoms with Crippen LogP contribution < -0.4 is 10.2 Å². The molecule has 0 radical (unpaired) electrons. The van der Waals surface area contributed by atoms with E-state index in [1.165, 1.54) is 4.90 Å². The van der Waals surface area contributed by atoms with Gasteiger partial charge in [-0.05, 0) is 37.5 Å².